The number of anilines is 2. The van der Waals surface area contributed by atoms with Gasteiger partial charge in [-0.3, -0.25) is 4.99 Å². The Hall–Kier alpha value is -2.57. The Morgan fingerprint density at radius 1 is 1.38 bits per heavy atom. The molecular weight excluding hydrogens is 358 g/mol. The predicted octanol–water partition coefficient (Wildman–Crippen LogP) is 1.54. The van der Waals surface area contributed by atoms with Crippen LogP contribution in [0.1, 0.15) is 24.8 Å². The normalized spacial score (nSPS) is 19.5. The Balaban J connectivity index is 1.91. The van der Waals surface area contributed by atoms with E-state index in [2.05, 4.69) is 31.7 Å². The topological polar surface area (TPSA) is 130 Å². The van der Waals surface area contributed by atoms with Gasteiger partial charge in [0.2, 0.25) is 11.8 Å². The van der Waals surface area contributed by atoms with Crippen LogP contribution in [0, 0.1) is 11.3 Å². The Labute approximate surface area is 156 Å². The molecule has 138 valence electrons. The van der Waals surface area contributed by atoms with Gasteiger partial charge in [0, 0.05) is 19.8 Å². The van der Waals surface area contributed by atoms with Crippen LogP contribution in [0.5, 0.6) is 0 Å². The van der Waals surface area contributed by atoms with Gasteiger partial charge in [-0.1, -0.05) is 11.6 Å². The van der Waals surface area contributed by atoms with E-state index in [9.17, 15) is 5.26 Å². The van der Waals surface area contributed by atoms with Crippen LogP contribution in [-0.4, -0.2) is 47.5 Å². The molecule has 1 fully saturated rings. The first-order valence-electron chi connectivity index (χ1n) is 8.39. The van der Waals surface area contributed by atoms with Gasteiger partial charge < -0.3 is 25.8 Å². The van der Waals surface area contributed by atoms with Crippen molar-refractivity contribution in [1.82, 2.24) is 9.97 Å². The zero-order chi connectivity index (χ0) is 18.4. The van der Waals surface area contributed by atoms with Gasteiger partial charge in [0.05, 0.1) is 18.8 Å². The number of halogens is 1. The van der Waals surface area contributed by atoms with Crippen molar-refractivity contribution < 1.29 is 9.47 Å². The van der Waals surface area contributed by atoms with E-state index >= 15 is 0 Å². The number of fused-ring (bicyclic) bond motifs is 2. The molecule has 2 aliphatic heterocycles. The molecule has 1 aromatic rings. The van der Waals surface area contributed by atoms with Crippen LogP contribution in [0.25, 0.3) is 0 Å². The molecule has 0 aliphatic carbocycles. The molecule has 0 radical (unpaired) electrons. The molecule has 0 aromatic carbocycles. The van der Waals surface area contributed by atoms with Crippen molar-refractivity contribution in [3.05, 3.63) is 23.3 Å². The van der Waals surface area contributed by atoms with Crippen LogP contribution in [0.15, 0.2) is 22.8 Å². The second-order valence-corrected chi connectivity index (χ2v) is 6.18. The quantitative estimate of drug-likeness (QED) is 0.661. The minimum Gasteiger partial charge on any atom is -0.478 e. The van der Waals surface area contributed by atoms with Gasteiger partial charge in [0.15, 0.2) is 5.17 Å². The summed E-state index contributed by atoms with van der Waals surface area (Å²) in [4.78, 5) is 13.0. The summed E-state index contributed by atoms with van der Waals surface area (Å²) in [5.74, 6) is 0.819. The first-order valence-corrected chi connectivity index (χ1v) is 8.77. The first-order chi connectivity index (χ1) is 12.7. The molecule has 0 amide bonds. The zero-order valence-corrected chi connectivity index (χ0v) is 14.9. The van der Waals surface area contributed by atoms with Crippen molar-refractivity contribution in [3.63, 3.8) is 0 Å². The number of rotatable bonds is 2. The molecule has 0 spiro atoms. The third-order valence-electron chi connectivity index (χ3n) is 3.96. The number of nitrogens with one attached hydrogen (secondary N) is 2. The van der Waals surface area contributed by atoms with Crippen molar-refractivity contribution in [2.45, 2.75) is 25.3 Å². The SMILES string of the molecule is N#Cc1cnc2nc1NCCCOC(N)=C(C(Cl)=NC1CCOCC1)N2. The number of nitriles is 1. The lowest BCUT2D eigenvalue weighted by molar-refractivity contribution is 0.0872. The fourth-order valence-electron chi connectivity index (χ4n) is 2.56. The molecule has 1 aromatic heterocycles. The number of nitrogens with zero attached hydrogens (tertiary/aromatic N) is 4. The molecular formula is C16H20ClN7O2. The molecule has 10 heteroatoms. The number of aromatic nitrogens is 2. The lowest BCUT2D eigenvalue weighted by atomic mass is 10.1. The van der Waals surface area contributed by atoms with Gasteiger partial charge in [0.25, 0.3) is 0 Å². The lowest BCUT2D eigenvalue weighted by Gasteiger charge is -2.19. The summed E-state index contributed by atoms with van der Waals surface area (Å²) >= 11 is 6.42. The van der Waals surface area contributed by atoms with Crippen molar-refractivity contribution in [2.24, 2.45) is 10.7 Å². The molecule has 0 saturated carbocycles. The van der Waals surface area contributed by atoms with E-state index in [1.165, 1.54) is 6.20 Å². The summed E-state index contributed by atoms with van der Waals surface area (Å²) in [5.41, 5.74) is 6.74. The molecule has 3 rings (SSSR count). The maximum Gasteiger partial charge on any atom is 0.229 e. The summed E-state index contributed by atoms with van der Waals surface area (Å²) in [6, 6.07) is 2.12. The molecule has 2 aliphatic rings. The largest absolute Gasteiger partial charge is 0.478 e. The fourth-order valence-corrected chi connectivity index (χ4v) is 2.84. The van der Waals surface area contributed by atoms with Crippen LogP contribution in [0.3, 0.4) is 0 Å². The standard InChI is InChI=1S/C16H20ClN7O2/c17-13(22-11-2-6-25-7-3-11)12-14(19)26-5-1-4-20-15-10(8-18)9-21-16(23-12)24-15/h9,11H,1-7,19H2,(H2,20,21,23,24). The monoisotopic (exact) mass is 377 g/mol. The molecule has 0 unspecified atom stereocenters. The lowest BCUT2D eigenvalue weighted by Crippen LogP contribution is -2.23. The zero-order valence-electron chi connectivity index (χ0n) is 14.2. The smallest absolute Gasteiger partial charge is 0.229 e. The van der Waals surface area contributed by atoms with E-state index < -0.39 is 0 Å². The van der Waals surface area contributed by atoms with Crippen molar-refractivity contribution in [1.29, 1.82) is 5.26 Å². The average molecular weight is 378 g/mol. The highest BCUT2D eigenvalue weighted by molar-refractivity contribution is 6.70. The van der Waals surface area contributed by atoms with E-state index in [1.54, 1.807) is 0 Å². The van der Waals surface area contributed by atoms with Crippen molar-refractivity contribution >= 4 is 28.5 Å². The number of aliphatic imine (C=N–C) groups is 1. The van der Waals surface area contributed by atoms with E-state index in [4.69, 9.17) is 26.8 Å². The van der Waals surface area contributed by atoms with Gasteiger partial charge in [-0.15, -0.1) is 0 Å². The molecule has 4 N–H and O–H groups in total. The summed E-state index contributed by atoms with van der Waals surface area (Å²) < 4.78 is 10.9. The Bertz CT molecular complexity index is 753. The number of ether oxygens (including phenoxy) is 2. The van der Waals surface area contributed by atoms with Crippen molar-refractivity contribution in [3.8, 4) is 6.07 Å². The summed E-state index contributed by atoms with van der Waals surface area (Å²) in [7, 11) is 0. The van der Waals surface area contributed by atoms with Gasteiger partial charge in [-0.05, 0) is 19.3 Å². The van der Waals surface area contributed by atoms with Gasteiger partial charge >= 0.3 is 0 Å². The first kappa shape index (κ1) is 18.2. The van der Waals surface area contributed by atoms with E-state index in [-0.39, 0.29) is 23.0 Å². The molecule has 9 nitrogen and oxygen atoms in total. The Morgan fingerprint density at radius 2 is 2.19 bits per heavy atom. The van der Waals surface area contributed by atoms with E-state index in [1.807, 2.05) is 0 Å². The van der Waals surface area contributed by atoms with Gasteiger partial charge in [0.1, 0.15) is 23.1 Å². The summed E-state index contributed by atoms with van der Waals surface area (Å²) in [6.07, 6.45) is 3.71. The third-order valence-corrected chi connectivity index (χ3v) is 4.24. The number of hydrogen-bond donors (Lipinski definition) is 3. The fraction of sp³-hybridized carbons (Fsp3) is 0.500. The molecule has 26 heavy (non-hydrogen) atoms. The highest BCUT2D eigenvalue weighted by Crippen LogP contribution is 2.19. The van der Waals surface area contributed by atoms with Crippen molar-refractivity contribution in [2.75, 3.05) is 37.0 Å². The number of hydrogen-bond acceptors (Lipinski definition) is 9. The van der Waals surface area contributed by atoms with E-state index in [0.717, 1.165) is 12.8 Å². The Kier molecular flexibility index (Phi) is 6.09. The second-order valence-electron chi connectivity index (χ2n) is 5.82. The number of allylic oxidation sites excluding steroid dienone is 1. The number of nitrogens with two attached hydrogens (primary N) is 1. The Morgan fingerprint density at radius 3 is 2.96 bits per heavy atom. The second kappa shape index (κ2) is 8.69. The van der Waals surface area contributed by atoms with Crippen LogP contribution < -0.4 is 16.4 Å². The van der Waals surface area contributed by atoms with Gasteiger partial charge in [-0.2, -0.15) is 10.2 Å². The maximum absolute atomic E-state index is 9.18. The molecule has 2 bridgehead atoms. The molecule has 3 heterocycles. The highest BCUT2D eigenvalue weighted by Gasteiger charge is 2.19. The van der Waals surface area contributed by atoms with E-state index in [0.29, 0.717) is 49.9 Å². The average Bonchev–Trinajstić information content (AvgIpc) is 2.68. The minimum atomic E-state index is 0.0654. The van der Waals surface area contributed by atoms with Crippen LogP contribution in [0.4, 0.5) is 11.8 Å². The third kappa shape index (κ3) is 4.53. The van der Waals surface area contributed by atoms with Crippen LogP contribution in [-0.2, 0) is 9.47 Å². The van der Waals surface area contributed by atoms with Gasteiger partial charge in [-0.25, -0.2) is 4.98 Å². The van der Waals surface area contributed by atoms with Crippen LogP contribution in [0.2, 0.25) is 0 Å². The summed E-state index contributed by atoms with van der Waals surface area (Å²) in [5, 5.41) is 15.4. The van der Waals surface area contributed by atoms with Crippen LogP contribution >= 0.6 is 11.6 Å². The minimum absolute atomic E-state index is 0.0654. The maximum atomic E-state index is 9.18. The molecule has 0 atom stereocenters. The predicted molar refractivity (Wildman–Crippen MR) is 97.8 cm³/mol. The molecule has 1 saturated heterocycles. The summed E-state index contributed by atoms with van der Waals surface area (Å²) in [6.45, 7) is 2.28. The highest BCUT2D eigenvalue weighted by atomic mass is 35.5.